The van der Waals surface area contributed by atoms with Crippen LogP contribution >= 0.6 is 43.2 Å². The van der Waals surface area contributed by atoms with Gasteiger partial charge in [0.2, 0.25) is 65.0 Å². The molecule has 2 fully saturated rings. The van der Waals surface area contributed by atoms with Crippen LogP contribution in [0.4, 0.5) is 0 Å². The van der Waals surface area contributed by atoms with Gasteiger partial charge in [-0.15, -0.1) is 0 Å². The summed E-state index contributed by atoms with van der Waals surface area (Å²) in [6, 6.07) is -11.5. The van der Waals surface area contributed by atoms with E-state index < -0.39 is 138 Å². The van der Waals surface area contributed by atoms with Gasteiger partial charge in [-0.05, 0) is 25.2 Å². The number of nitrogens with one attached hydrogen (secondary N) is 9. The summed E-state index contributed by atoms with van der Waals surface area (Å²) >= 11 is 0. The number of hydrogen-bond acceptors (Lipinski definition) is 18. The Labute approximate surface area is 423 Å². The first-order chi connectivity index (χ1) is 33.6. The zero-order valence-corrected chi connectivity index (χ0v) is 42.2. The highest BCUT2D eigenvalue weighted by Crippen LogP contribution is 2.26. The van der Waals surface area contributed by atoms with Crippen LogP contribution in [0.2, 0.25) is 0 Å². The van der Waals surface area contributed by atoms with E-state index in [-0.39, 0.29) is 61.2 Å². The van der Waals surface area contributed by atoms with E-state index in [9.17, 15) is 52.7 Å². The smallest absolute Gasteiger partial charge is 0.244 e. The molecule has 28 nitrogen and oxygen atoms in total. The number of hydrogen-bond donors (Lipinski definition) is 15. The summed E-state index contributed by atoms with van der Waals surface area (Å²) < 4.78 is 0. The van der Waals surface area contributed by atoms with Gasteiger partial charge in [0.05, 0.1) is 18.8 Å². The number of nitrogens with zero attached hydrogens (tertiary/aromatic N) is 2. The zero-order chi connectivity index (χ0) is 52.8. The fraction of sp³-hybridized carbons (Fsp3) is 0.615. The molecule has 1 aromatic heterocycles. The molecule has 2 saturated heterocycles. The summed E-state index contributed by atoms with van der Waals surface area (Å²) in [6.45, 7) is 3.42. The second kappa shape index (κ2) is 30.0. The van der Waals surface area contributed by atoms with Crippen LogP contribution in [0.15, 0.2) is 17.5 Å². The molecule has 0 spiro atoms. The number of aromatic nitrogens is 2. The van der Waals surface area contributed by atoms with Crippen LogP contribution in [0, 0.1) is 5.92 Å². The lowest BCUT2D eigenvalue weighted by Crippen LogP contribution is -2.62. The molecule has 2 aliphatic heterocycles. The second-order valence-corrected chi connectivity index (χ2v) is 21.5. The van der Waals surface area contributed by atoms with Crippen LogP contribution in [-0.4, -0.2) is 165 Å². The Morgan fingerprint density at radius 1 is 0.718 bits per heavy atom. The number of H-pyrrole nitrogens is 1. The number of aliphatic imine (C=N–C) groups is 1. The van der Waals surface area contributed by atoms with Gasteiger partial charge in [0.25, 0.3) is 0 Å². The molecular formula is C39H63N17O11S4. The number of rotatable bonds is 26. The Morgan fingerprint density at radius 3 is 1.82 bits per heavy atom. The van der Waals surface area contributed by atoms with Gasteiger partial charge in [0.15, 0.2) is 5.96 Å². The van der Waals surface area contributed by atoms with Gasteiger partial charge in [0.1, 0.15) is 48.3 Å². The molecule has 0 aliphatic carbocycles. The lowest BCUT2D eigenvalue weighted by molar-refractivity contribution is -0.136. The molecule has 3 heterocycles. The maximum absolute atomic E-state index is 14.3. The van der Waals surface area contributed by atoms with Crippen LogP contribution in [0.3, 0.4) is 0 Å². The van der Waals surface area contributed by atoms with Crippen molar-refractivity contribution < 1.29 is 52.7 Å². The molecule has 10 atom stereocenters. The first kappa shape index (κ1) is 59.3. The van der Waals surface area contributed by atoms with Crippen LogP contribution < -0.4 is 76.9 Å². The molecule has 0 aromatic carbocycles. The van der Waals surface area contributed by atoms with E-state index in [2.05, 4.69) is 57.5 Å². The molecule has 71 heavy (non-hydrogen) atoms. The molecule has 0 unspecified atom stereocenters. The predicted molar refractivity (Wildman–Crippen MR) is 266 cm³/mol. The SMILES string of the molecule is CC[C@H](C)[C@H](NC(=O)[C@H](CCC(N)=O)NC(=O)[C@H](CCCN=C(N)N)NC(=O)[C@H](Cc1cnc[nH]1)NC(=O)[C@@H]1CSSC[C@H](NC(=O)[C@@H](N)CC(N)=O)C(=O)N1)C(=O)N[C@H]1CSSC[C@@H](C(N)=O)NC1=O. The number of amides is 11. The summed E-state index contributed by atoms with van der Waals surface area (Å²) in [6.07, 6.45) is 1.63. The molecule has 0 radical (unpaired) electrons. The molecule has 21 N–H and O–H groups in total. The van der Waals surface area contributed by atoms with Gasteiger partial charge in [-0.3, -0.25) is 57.7 Å². The number of primary amides is 3. The van der Waals surface area contributed by atoms with Crippen LogP contribution in [0.5, 0.6) is 0 Å². The van der Waals surface area contributed by atoms with Crippen molar-refractivity contribution in [2.75, 3.05) is 29.6 Å². The lowest BCUT2D eigenvalue weighted by atomic mass is 9.97. The molecule has 3 rings (SSSR count). The van der Waals surface area contributed by atoms with Gasteiger partial charge >= 0.3 is 0 Å². The average Bonchev–Trinajstić information content (AvgIpc) is 3.82. The minimum absolute atomic E-state index is 0.00254. The van der Waals surface area contributed by atoms with Crippen LogP contribution in [-0.2, 0) is 59.2 Å². The van der Waals surface area contributed by atoms with Crippen LogP contribution in [0.1, 0.15) is 58.1 Å². The quantitative estimate of drug-likeness (QED) is 0.0178. The molecule has 394 valence electrons. The minimum Gasteiger partial charge on any atom is -0.370 e. The first-order valence-electron chi connectivity index (χ1n) is 22.2. The molecule has 32 heteroatoms. The third-order valence-electron chi connectivity index (χ3n) is 10.7. The maximum atomic E-state index is 14.3. The van der Waals surface area contributed by atoms with E-state index in [1.54, 1.807) is 13.8 Å². The number of nitrogens with two attached hydrogens (primary N) is 6. The van der Waals surface area contributed by atoms with Gasteiger partial charge < -0.3 is 81.9 Å². The van der Waals surface area contributed by atoms with Crippen molar-refractivity contribution in [1.29, 1.82) is 0 Å². The van der Waals surface area contributed by atoms with Gasteiger partial charge in [-0.25, -0.2) is 4.98 Å². The summed E-state index contributed by atoms with van der Waals surface area (Å²) in [4.78, 5) is 155. The maximum Gasteiger partial charge on any atom is 0.244 e. The fourth-order valence-electron chi connectivity index (χ4n) is 6.53. The number of carbonyl (C=O) groups is 11. The molecular weight excluding hydrogens is 1010 g/mol. The van der Waals surface area contributed by atoms with Crippen molar-refractivity contribution in [3.63, 3.8) is 0 Å². The summed E-state index contributed by atoms with van der Waals surface area (Å²) in [7, 11) is 4.87. The molecule has 11 amide bonds. The highest BCUT2D eigenvalue weighted by Gasteiger charge is 2.37. The van der Waals surface area contributed by atoms with Crippen molar-refractivity contribution >= 4 is 114 Å². The largest absolute Gasteiger partial charge is 0.370 e. The van der Waals surface area contributed by atoms with Crippen molar-refractivity contribution in [2.24, 2.45) is 45.3 Å². The monoisotopic (exact) mass is 1070 g/mol. The third-order valence-corrected chi connectivity index (χ3v) is 15.6. The summed E-state index contributed by atoms with van der Waals surface area (Å²) in [5.41, 5.74) is 33.1. The van der Waals surface area contributed by atoms with Gasteiger partial charge in [0, 0.05) is 54.3 Å². The topological polar surface area (TPSA) is 481 Å². The second-order valence-electron chi connectivity index (χ2n) is 16.4. The van der Waals surface area contributed by atoms with E-state index in [0.29, 0.717) is 12.1 Å². The van der Waals surface area contributed by atoms with Gasteiger partial charge in [-0.1, -0.05) is 63.4 Å². The van der Waals surface area contributed by atoms with Crippen LogP contribution in [0.25, 0.3) is 0 Å². The number of imidazole rings is 1. The van der Waals surface area contributed by atoms with Gasteiger partial charge in [-0.2, -0.15) is 0 Å². The van der Waals surface area contributed by atoms with E-state index >= 15 is 0 Å². The Hall–Kier alpha value is -5.99. The molecule has 2 aliphatic rings. The fourth-order valence-corrected chi connectivity index (χ4v) is 11.2. The molecule has 0 bridgehead atoms. The highest BCUT2D eigenvalue weighted by atomic mass is 33.1. The normalized spacial score (nSPS) is 20.8. The number of carbonyl (C=O) groups excluding carboxylic acids is 11. The standard InChI is InChI=1S/C39H63N17O11S4/c1-3-17(2)29(38(67)55-26-15-69-68-12-23(30(43)59)52-36(26)65)56-33(62)21(6-7-27(41)57)50-32(61)20(5-4-8-47-39(44)45)49-34(63)22(9-18-11-46-16-48-18)51-35(64)25-14-71-70-13-24(37(66)54-25)53-31(60)19(40)10-28(42)58/h11,16-17,19-26,29H,3-10,12-15,40H2,1-2H3,(H2,41,57)(H2,42,58)(H2,43,59)(H,46,48)(H,49,63)(H,50,61)(H,51,64)(H,52,65)(H,53,60)(H,54,66)(H,55,67)(H,56,62)(H4,44,45,47)/t17-,19-,20-,21-,22-,23-,24-,25-,26-,29-/m0/s1. The Bertz CT molecular complexity index is 2100. The highest BCUT2D eigenvalue weighted by molar-refractivity contribution is 8.77. The van der Waals surface area contributed by atoms with Crippen molar-refractivity contribution in [3.05, 3.63) is 18.2 Å². The third kappa shape index (κ3) is 20.7. The Kier molecular flexibility index (Phi) is 25.1. The van der Waals surface area contributed by atoms with E-state index in [4.69, 9.17) is 34.4 Å². The molecule has 1 aromatic rings. The Morgan fingerprint density at radius 2 is 1.27 bits per heavy atom. The first-order valence-corrected chi connectivity index (χ1v) is 27.1. The summed E-state index contributed by atoms with van der Waals surface area (Å²) in [5, 5.41) is 20.6. The predicted octanol–water partition coefficient (Wildman–Crippen LogP) is -6.33. The Balaban J connectivity index is 1.86. The minimum atomic E-state index is -1.52. The zero-order valence-electron chi connectivity index (χ0n) is 38.9. The van der Waals surface area contributed by atoms with Crippen molar-refractivity contribution in [1.82, 2.24) is 52.5 Å². The number of guanidine groups is 1. The summed E-state index contributed by atoms with van der Waals surface area (Å²) in [5.74, 6) is -9.32. The number of aromatic amines is 1. The van der Waals surface area contributed by atoms with E-state index in [1.165, 1.54) is 55.7 Å². The van der Waals surface area contributed by atoms with E-state index in [1.807, 2.05) is 0 Å². The average molecular weight is 1070 g/mol. The van der Waals surface area contributed by atoms with Crippen molar-refractivity contribution in [2.45, 2.75) is 113 Å². The molecule has 0 saturated carbocycles. The lowest BCUT2D eigenvalue weighted by Gasteiger charge is -2.30. The van der Waals surface area contributed by atoms with E-state index in [0.717, 1.165) is 0 Å². The van der Waals surface area contributed by atoms with Crippen molar-refractivity contribution in [3.8, 4) is 0 Å².